The molecule has 0 saturated carbocycles. The van der Waals surface area contributed by atoms with Crippen LogP contribution < -0.4 is 4.74 Å². The third-order valence-corrected chi connectivity index (χ3v) is 4.12. The standard InChI is InChI=1S/C17H25NO4/c1-17(2)9-13(19)6-7-18(11-17)10-12-4-5-15(22-3)14(8-12)16(20)21/h4-5,8,13,19H,6-7,9-11H2,1-3H3,(H,20,21)/t13-/m1/s1. The first kappa shape index (κ1) is 16.8. The molecule has 0 amide bonds. The van der Waals surface area contributed by atoms with Gasteiger partial charge in [0.2, 0.25) is 0 Å². The van der Waals surface area contributed by atoms with Crippen LogP contribution in [0.2, 0.25) is 0 Å². The van der Waals surface area contributed by atoms with E-state index in [0.29, 0.717) is 12.3 Å². The van der Waals surface area contributed by atoms with Crippen LogP contribution >= 0.6 is 0 Å². The Bertz CT molecular complexity index is 541. The van der Waals surface area contributed by atoms with E-state index in [0.717, 1.165) is 31.5 Å². The van der Waals surface area contributed by atoms with E-state index in [1.54, 1.807) is 12.1 Å². The zero-order valence-corrected chi connectivity index (χ0v) is 13.5. The Hall–Kier alpha value is -1.59. The molecule has 1 aliphatic heterocycles. The molecule has 1 fully saturated rings. The first-order valence-electron chi connectivity index (χ1n) is 7.61. The van der Waals surface area contributed by atoms with Gasteiger partial charge in [0.25, 0.3) is 0 Å². The molecule has 0 aliphatic carbocycles. The number of likely N-dealkylation sites (tertiary alicyclic amines) is 1. The van der Waals surface area contributed by atoms with Gasteiger partial charge in [0.1, 0.15) is 11.3 Å². The summed E-state index contributed by atoms with van der Waals surface area (Å²) in [5.74, 6) is -0.604. The van der Waals surface area contributed by atoms with Crippen LogP contribution in [0.4, 0.5) is 0 Å². The van der Waals surface area contributed by atoms with Crippen LogP contribution in [0.3, 0.4) is 0 Å². The van der Waals surface area contributed by atoms with E-state index in [1.807, 2.05) is 6.07 Å². The highest BCUT2D eigenvalue weighted by Gasteiger charge is 2.29. The Kier molecular flexibility index (Phi) is 5.08. The maximum Gasteiger partial charge on any atom is 0.339 e. The van der Waals surface area contributed by atoms with Crippen molar-refractivity contribution in [2.45, 2.75) is 39.3 Å². The molecule has 0 radical (unpaired) electrons. The van der Waals surface area contributed by atoms with Crippen molar-refractivity contribution in [1.29, 1.82) is 0 Å². The molecule has 0 aromatic heterocycles. The molecule has 1 aliphatic rings. The van der Waals surface area contributed by atoms with Crippen molar-refractivity contribution in [3.8, 4) is 5.75 Å². The predicted molar refractivity (Wildman–Crippen MR) is 84.3 cm³/mol. The highest BCUT2D eigenvalue weighted by molar-refractivity contribution is 5.91. The number of aromatic carboxylic acids is 1. The van der Waals surface area contributed by atoms with E-state index >= 15 is 0 Å². The Morgan fingerprint density at radius 1 is 1.45 bits per heavy atom. The normalized spacial score (nSPS) is 22.1. The van der Waals surface area contributed by atoms with Crippen molar-refractivity contribution in [2.75, 3.05) is 20.2 Å². The van der Waals surface area contributed by atoms with Crippen molar-refractivity contribution < 1.29 is 19.7 Å². The molecule has 1 heterocycles. The summed E-state index contributed by atoms with van der Waals surface area (Å²) in [6.07, 6.45) is 1.29. The second-order valence-electron chi connectivity index (χ2n) is 6.86. The number of hydrogen-bond donors (Lipinski definition) is 2. The molecular formula is C17H25NO4. The third-order valence-electron chi connectivity index (χ3n) is 4.12. The van der Waals surface area contributed by atoms with Gasteiger partial charge in [0.15, 0.2) is 0 Å². The highest BCUT2D eigenvalue weighted by atomic mass is 16.5. The van der Waals surface area contributed by atoms with E-state index in [1.165, 1.54) is 7.11 Å². The summed E-state index contributed by atoms with van der Waals surface area (Å²) in [6.45, 7) is 6.70. The van der Waals surface area contributed by atoms with E-state index in [2.05, 4.69) is 18.7 Å². The maximum atomic E-state index is 11.3. The summed E-state index contributed by atoms with van der Waals surface area (Å²) in [4.78, 5) is 13.6. The van der Waals surface area contributed by atoms with Crippen molar-refractivity contribution in [1.82, 2.24) is 4.90 Å². The number of hydrogen-bond acceptors (Lipinski definition) is 4. The van der Waals surface area contributed by atoms with Crippen molar-refractivity contribution in [3.63, 3.8) is 0 Å². The summed E-state index contributed by atoms with van der Waals surface area (Å²) in [7, 11) is 1.47. The van der Waals surface area contributed by atoms with Gasteiger partial charge in [-0.25, -0.2) is 4.79 Å². The average molecular weight is 307 g/mol. The molecule has 0 spiro atoms. The number of carbonyl (C=O) groups is 1. The Balaban J connectivity index is 2.16. The number of carboxylic acid groups (broad SMARTS) is 1. The third kappa shape index (κ3) is 4.21. The topological polar surface area (TPSA) is 70.0 Å². The van der Waals surface area contributed by atoms with Crippen molar-refractivity contribution in [3.05, 3.63) is 29.3 Å². The summed E-state index contributed by atoms with van der Waals surface area (Å²) in [5.41, 5.74) is 1.19. The zero-order valence-electron chi connectivity index (χ0n) is 13.5. The number of aliphatic hydroxyl groups is 1. The second kappa shape index (κ2) is 6.67. The number of methoxy groups -OCH3 is 1. The maximum absolute atomic E-state index is 11.3. The number of ether oxygens (including phenoxy) is 1. The molecule has 122 valence electrons. The highest BCUT2D eigenvalue weighted by Crippen LogP contribution is 2.29. The SMILES string of the molecule is COc1ccc(CN2CC[C@@H](O)CC(C)(C)C2)cc1C(=O)O. The Labute approximate surface area is 131 Å². The lowest BCUT2D eigenvalue weighted by molar-refractivity contribution is 0.0693. The van der Waals surface area contributed by atoms with Crippen LogP contribution in [-0.4, -0.2) is 47.4 Å². The zero-order chi connectivity index (χ0) is 16.3. The van der Waals surface area contributed by atoms with Gasteiger partial charge in [-0.2, -0.15) is 0 Å². The van der Waals surface area contributed by atoms with Crippen LogP contribution in [0, 0.1) is 5.41 Å². The number of aliphatic hydroxyl groups excluding tert-OH is 1. The number of carboxylic acids is 1. The molecule has 1 aromatic carbocycles. The lowest BCUT2D eigenvalue weighted by Gasteiger charge is -2.29. The number of benzene rings is 1. The largest absolute Gasteiger partial charge is 0.496 e. The fourth-order valence-corrected chi connectivity index (χ4v) is 3.23. The molecule has 5 heteroatoms. The van der Waals surface area contributed by atoms with Gasteiger partial charge < -0.3 is 14.9 Å². The fourth-order valence-electron chi connectivity index (χ4n) is 3.23. The van der Waals surface area contributed by atoms with Crippen LogP contribution in [-0.2, 0) is 6.54 Å². The molecule has 1 saturated heterocycles. The minimum Gasteiger partial charge on any atom is -0.496 e. The van der Waals surface area contributed by atoms with Gasteiger partial charge in [0.05, 0.1) is 13.2 Å². The van der Waals surface area contributed by atoms with Gasteiger partial charge in [-0.1, -0.05) is 19.9 Å². The summed E-state index contributed by atoms with van der Waals surface area (Å²) in [5, 5.41) is 19.2. The Morgan fingerprint density at radius 3 is 2.82 bits per heavy atom. The second-order valence-corrected chi connectivity index (χ2v) is 6.86. The minimum atomic E-state index is -0.981. The Morgan fingerprint density at radius 2 is 2.18 bits per heavy atom. The van der Waals surface area contributed by atoms with Gasteiger partial charge in [0, 0.05) is 19.6 Å². The molecule has 2 rings (SSSR count). The molecular weight excluding hydrogens is 282 g/mol. The lowest BCUT2D eigenvalue weighted by atomic mass is 9.87. The summed E-state index contributed by atoms with van der Waals surface area (Å²) >= 11 is 0. The monoisotopic (exact) mass is 307 g/mol. The van der Waals surface area contributed by atoms with E-state index in [-0.39, 0.29) is 17.1 Å². The molecule has 0 unspecified atom stereocenters. The van der Waals surface area contributed by atoms with Crippen LogP contribution in [0.5, 0.6) is 5.75 Å². The molecule has 22 heavy (non-hydrogen) atoms. The lowest BCUT2D eigenvalue weighted by Crippen LogP contribution is -2.32. The molecule has 2 N–H and O–H groups in total. The number of nitrogens with zero attached hydrogens (tertiary/aromatic N) is 1. The molecule has 1 aromatic rings. The van der Waals surface area contributed by atoms with Gasteiger partial charge >= 0.3 is 5.97 Å². The predicted octanol–water partition coefficient (Wildman–Crippen LogP) is 2.38. The van der Waals surface area contributed by atoms with Crippen molar-refractivity contribution >= 4 is 5.97 Å². The van der Waals surface area contributed by atoms with Gasteiger partial charge in [-0.3, -0.25) is 4.90 Å². The average Bonchev–Trinajstić information content (AvgIpc) is 2.56. The molecule has 0 bridgehead atoms. The van der Waals surface area contributed by atoms with Gasteiger partial charge in [-0.05, 0) is 36.0 Å². The fraction of sp³-hybridized carbons (Fsp3) is 0.588. The smallest absolute Gasteiger partial charge is 0.339 e. The first-order chi connectivity index (χ1) is 10.3. The first-order valence-corrected chi connectivity index (χ1v) is 7.61. The van der Waals surface area contributed by atoms with Crippen molar-refractivity contribution in [2.24, 2.45) is 5.41 Å². The minimum absolute atomic E-state index is 0.0536. The van der Waals surface area contributed by atoms with E-state index < -0.39 is 5.97 Å². The van der Waals surface area contributed by atoms with E-state index in [9.17, 15) is 15.0 Å². The number of rotatable bonds is 4. The molecule has 1 atom stereocenters. The van der Waals surface area contributed by atoms with Crippen LogP contribution in [0.1, 0.15) is 42.6 Å². The van der Waals surface area contributed by atoms with E-state index in [4.69, 9.17) is 4.74 Å². The van der Waals surface area contributed by atoms with Crippen LogP contribution in [0.25, 0.3) is 0 Å². The van der Waals surface area contributed by atoms with Gasteiger partial charge in [-0.15, -0.1) is 0 Å². The summed E-state index contributed by atoms with van der Waals surface area (Å²) < 4.78 is 5.09. The van der Waals surface area contributed by atoms with Crippen LogP contribution in [0.15, 0.2) is 18.2 Å². The molecule has 5 nitrogen and oxygen atoms in total. The summed E-state index contributed by atoms with van der Waals surface area (Å²) in [6, 6.07) is 5.28. The quantitative estimate of drug-likeness (QED) is 0.893.